The van der Waals surface area contributed by atoms with Crippen molar-refractivity contribution in [1.82, 2.24) is 4.98 Å². The molecule has 1 aromatic heterocycles. The fourth-order valence-electron chi connectivity index (χ4n) is 1.21. The van der Waals surface area contributed by atoms with E-state index in [0.29, 0.717) is 12.3 Å². The summed E-state index contributed by atoms with van der Waals surface area (Å²) in [5.41, 5.74) is 1.24. The van der Waals surface area contributed by atoms with Gasteiger partial charge in [0.15, 0.2) is 5.43 Å². The molecule has 0 fully saturated rings. The van der Waals surface area contributed by atoms with Gasteiger partial charge in [0.25, 0.3) is 0 Å². The maximum atomic E-state index is 11.1. The van der Waals surface area contributed by atoms with Crippen molar-refractivity contribution in [3.8, 4) is 0 Å². The van der Waals surface area contributed by atoms with Crippen LogP contribution in [0.3, 0.4) is 0 Å². The van der Waals surface area contributed by atoms with Crippen LogP contribution in [0.1, 0.15) is 18.3 Å². The lowest BCUT2D eigenvalue weighted by Crippen LogP contribution is -2.12. The van der Waals surface area contributed by atoms with Crippen molar-refractivity contribution >= 4 is 5.97 Å². The normalized spacial score (nSPS) is 9.86. The van der Waals surface area contributed by atoms with Gasteiger partial charge in [-0.3, -0.25) is 9.59 Å². The minimum absolute atomic E-state index is 0.0967. The van der Waals surface area contributed by atoms with E-state index in [2.05, 4.69) is 4.98 Å². The molecule has 0 spiro atoms. The maximum absolute atomic E-state index is 11.1. The lowest BCUT2D eigenvalue weighted by molar-refractivity contribution is -0.142. The Kier molecular flexibility index (Phi) is 3.45. The first-order valence-electron chi connectivity index (χ1n) is 4.47. The van der Waals surface area contributed by atoms with E-state index in [4.69, 9.17) is 4.74 Å². The van der Waals surface area contributed by atoms with Crippen molar-refractivity contribution in [2.75, 3.05) is 6.61 Å². The Hall–Kier alpha value is -1.58. The van der Waals surface area contributed by atoms with Crippen LogP contribution in [0, 0.1) is 6.92 Å². The zero-order chi connectivity index (χ0) is 10.6. The third kappa shape index (κ3) is 3.05. The molecule has 76 valence electrons. The zero-order valence-corrected chi connectivity index (χ0v) is 8.29. The summed E-state index contributed by atoms with van der Waals surface area (Å²) in [6.07, 6.45) is 0.116. The van der Waals surface area contributed by atoms with Crippen LogP contribution < -0.4 is 5.43 Å². The highest BCUT2D eigenvalue weighted by Crippen LogP contribution is 1.96. The molecule has 1 rings (SSSR count). The highest BCUT2D eigenvalue weighted by atomic mass is 16.5. The number of carbonyl (C=O) groups excluding carboxylic acids is 1. The first-order valence-corrected chi connectivity index (χ1v) is 4.47. The Morgan fingerprint density at radius 1 is 1.50 bits per heavy atom. The molecule has 0 saturated heterocycles. The van der Waals surface area contributed by atoms with Gasteiger partial charge in [-0.2, -0.15) is 0 Å². The predicted octanol–water partition coefficient (Wildman–Crippen LogP) is 0.789. The van der Waals surface area contributed by atoms with E-state index in [0.717, 1.165) is 5.69 Å². The molecule has 1 N–H and O–H groups in total. The number of hydrogen-bond donors (Lipinski definition) is 1. The molecule has 1 heterocycles. The number of rotatable bonds is 3. The van der Waals surface area contributed by atoms with Crippen molar-refractivity contribution in [1.29, 1.82) is 0 Å². The van der Waals surface area contributed by atoms with Crippen LogP contribution in [-0.2, 0) is 16.0 Å². The molecule has 4 nitrogen and oxygen atoms in total. The van der Waals surface area contributed by atoms with Gasteiger partial charge in [-0.05, 0) is 13.8 Å². The van der Waals surface area contributed by atoms with Crippen LogP contribution in [0.4, 0.5) is 0 Å². The highest BCUT2D eigenvalue weighted by Gasteiger charge is 2.04. The molecular formula is C10H13NO3. The Balaban J connectivity index is 2.76. The summed E-state index contributed by atoms with van der Waals surface area (Å²) in [6, 6.07) is 2.89. The average molecular weight is 195 g/mol. The Labute approximate surface area is 81.9 Å². The summed E-state index contributed by atoms with van der Waals surface area (Å²) in [6.45, 7) is 3.88. The zero-order valence-electron chi connectivity index (χ0n) is 8.29. The fraction of sp³-hybridized carbons (Fsp3) is 0.400. The standard InChI is InChI=1S/C10H13NO3/c1-3-14-10(13)6-8-5-9(12)4-7(2)11-8/h4-5H,3,6H2,1-2H3,(H,11,12). The summed E-state index contributed by atoms with van der Waals surface area (Å²) >= 11 is 0. The van der Waals surface area contributed by atoms with Crippen LogP contribution in [0.15, 0.2) is 16.9 Å². The predicted molar refractivity (Wildman–Crippen MR) is 52.1 cm³/mol. The molecule has 0 aliphatic rings. The quantitative estimate of drug-likeness (QED) is 0.725. The SMILES string of the molecule is CCOC(=O)Cc1cc(=O)cc(C)[nH]1. The van der Waals surface area contributed by atoms with Crippen LogP contribution in [0.25, 0.3) is 0 Å². The second-order valence-electron chi connectivity index (χ2n) is 3.01. The summed E-state index contributed by atoms with van der Waals surface area (Å²) in [5.74, 6) is -0.325. The summed E-state index contributed by atoms with van der Waals surface area (Å²) in [4.78, 5) is 25.1. The topological polar surface area (TPSA) is 59.2 Å². The molecule has 4 heteroatoms. The number of esters is 1. The van der Waals surface area contributed by atoms with E-state index < -0.39 is 0 Å². The van der Waals surface area contributed by atoms with Gasteiger partial charge in [0.1, 0.15) is 0 Å². The van der Waals surface area contributed by atoms with E-state index in [9.17, 15) is 9.59 Å². The van der Waals surface area contributed by atoms with E-state index in [1.54, 1.807) is 13.8 Å². The van der Waals surface area contributed by atoms with Gasteiger partial charge in [0, 0.05) is 23.5 Å². The molecule has 0 atom stereocenters. The highest BCUT2D eigenvalue weighted by molar-refractivity contribution is 5.71. The summed E-state index contributed by atoms with van der Waals surface area (Å²) in [7, 11) is 0. The molecule has 0 bridgehead atoms. The smallest absolute Gasteiger partial charge is 0.311 e. The second kappa shape index (κ2) is 4.60. The Morgan fingerprint density at radius 2 is 2.21 bits per heavy atom. The molecule has 0 aromatic carbocycles. The summed E-state index contributed by atoms with van der Waals surface area (Å²) < 4.78 is 4.76. The molecule has 0 aliphatic carbocycles. The number of aryl methyl sites for hydroxylation is 1. The lowest BCUT2D eigenvalue weighted by atomic mass is 10.2. The fourth-order valence-corrected chi connectivity index (χ4v) is 1.21. The summed E-state index contributed by atoms with van der Waals surface area (Å²) in [5, 5.41) is 0. The Morgan fingerprint density at radius 3 is 2.79 bits per heavy atom. The molecule has 0 unspecified atom stereocenters. The lowest BCUT2D eigenvalue weighted by Gasteiger charge is -2.02. The average Bonchev–Trinajstić information content (AvgIpc) is 2.01. The number of ether oxygens (including phenoxy) is 1. The molecular weight excluding hydrogens is 182 g/mol. The van der Waals surface area contributed by atoms with Crippen molar-refractivity contribution < 1.29 is 9.53 Å². The Bertz CT molecular complexity index is 381. The molecule has 1 aromatic rings. The molecule has 0 amide bonds. The maximum Gasteiger partial charge on any atom is 0.311 e. The number of carbonyl (C=O) groups is 1. The minimum atomic E-state index is -0.325. The van der Waals surface area contributed by atoms with Crippen molar-refractivity contribution in [3.63, 3.8) is 0 Å². The first-order chi connectivity index (χ1) is 6.61. The monoisotopic (exact) mass is 195 g/mol. The third-order valence-electron chi connectivity index (χ3n) is 1.67. The van der Waals surface area contributed by atoms with E-state index in [1.165, 1.54) is 12.1 Å². The van der Waals surface area contributed by atoms with Crippen LogP contribution >= 0.6 is 0 Å². The van der Waals surface area contributed by atoms with Crippen LogP contribution in [0.2, 0.25) is 0 Å². The third-order valence-corrected chi connectivity index (χ3v) is 1.67. The van der Waals surface area contributed by atoms with Crippen molar-refractivity contribution in [2.24, 2.45) is 0 Å². The van der Waals surface area contributed by atoms with Gasteiger partial charge >= 0.3 is 5.97 Å². The van der Waals surface area contributed by atoms with Gasteiger partial charge in [-0.1, -0.05) is 0 Å². The largest absolute Gasteiger partial charge is 0.466 e. The van der Waals surface area contributed by atoms with Crippen LogP contribution in [-0.4, -0.2) is 17.6 Å². The van der Waals surface area contributed by atoms with E-state index in [1.807, 2.05) is 0 Å². The van der Waals surface area contributed by atoms with Gasteiger partial charge in [-0.15, -0.1) is 0 Å². The number of aromatic nitrogens is 1. The number of pyridine rings is 1. The van der Waals surface area contributed by atoms with Crippen molar-refractivity contribution in [3.05, 3.63) is 33.7 Å². The molecule has 0 saturated carbocycles. The minimum Gasteiger partial charge on any atom is -0.466 e. The number of hydrogen-bond acceptors (Lipinski definition) is 3. The molecule has 0 aliphatic heterocycles. The number of nitrogens with one attached hydrogen (secondary N) is 1. The van der Waals surface area contributed by atoms with E-state index in [-0.39, 0.29) is 17.8 Å². The first kappa shape index (κ1) is 10.5. The second-order valence-corrected chi connectivity index (χ2v) is 3.01. The van der Waals surface area contributed by atoms with Gasteiger partial charge in [-0.25, -0.2) is 0 Å². The van der Waals surface area contributed by atoms with E-state index >= 15 is 0 Å². The van der Waals surface area contributed by atoms with Crippen molar-refractivity contribution in [2.45, 2.75) is 20.3 Å². The van der Waals surface area contributed by atoms with Gasteiger partial charge < -0.3 is 9.72 Å². The van der Waals surface area contributed by atoms with Crippen LogP contribution in [0.5, 0.6) is 0 Å². The molecule has 14 heavy (non-hydrogen) atoms. The number of aromatic amines is 1. The van der Waals surface area contributed by atoms with Gasteiger partial charge in [0.2, 0.25) is 0 Å². The van der Waals surface area contributed by atoms with Gasteiger partial charge in [0.05, 0.1) is 13.0 Å². The molecule has 0 radical (unpaired) electrons. The number of H-pyrrole nitrogens is 1.